The Labute approximate surface area is 136 Å². The van der Waals surface area contributed by atoms with Gasteiger partial charge >= 0.3 is 0 Å². The molecule has 0 amide bonds. The lowest BCUT2D eigenvalue weighted by Gasteiger charge is -2.15. The Morgan fingerprint density at radius 1 is 1.30 bits per heavy atom. The largest absolute Gasteiger partial charge is 0.303 e. The van der Waals surface area contributed by atoms with Crippen LogP contribution in [0.2, 0.25) is 0 Å². The molecule has 1 aromatic heterocycles. The van der Waals surface area contributed by atoms with Crippen LogP contribution in [0.25, 0.3) is 5.57 Å². The van der Waals surface area contributed by atoms with Crippen molar-refractivity contribution in [1.82, 2.24) is 4.57 Å². The van der Waals surface area contributed by atoms with Gasteiger partial charge in [-0.1, -0.05) is 61.7 Å². The van der Waals surface area contributed by atoms with Crippen molar-refractivity contribution >= 4 is 5.57 Å². The molecule has 2 rings (SSSR count). The van der Waals surface area contributed by atoms with E-state index in [1.807, 2.05) is 42.5 Å². The number of hydrogen-bond acceptors (Lipinski definition) is 2. The predicted molar refractivity (Wildman–Crippen MR) is 94.1 cm³/mol. The van der Waals surface area contributed by atoms with Gasteiger partial charge in [0, 0.05) is 0 Å². The highest BCUT2D eigenvalue weighted by Gasteiger charge is 2.14. The number of benzene rings is 1. The fraction of sp³-hybridized carbons (Fsp3) is 0.100. The Hall–Kier alpha value is -3.12. The van der Waals surface area contributed by atoms with Crippen molar-refractivity contribution in [2.24, 2.45) is 0 Å². The van der Waals surface area contributed by atoms with Crippen LogP contribution in [0.1, 0.15) is 22.4 Å². The standard InChI is InChI=1S/C20H18N2O/c1-4-9-17(5-2)19-12-15(3)18(13-21)20(23)22(19)14-16-10-7-6-8-11-16/h4-12H,1-2,14H2,3H3/b17-9+. The summed E-state index contributed by atoms with van der Waals surface area (Å²) >= 11 is 0. The van der Waals surface area contributed by atoms with Crippen molar-refractivity contribution in [3.8, 4) is 6.07 Å². The van der Waals surface area contributed by atoms with E-state index < -0.39 is 0 Å². The molecule has 3 heteroatoms. The fourth-order valence-corrected chi connectivity index (χ4v) is 2.45. The number of nitriles is 1. The lowest BCUT2D eigenvalue weighted by molar-refractivity contribution is 0.742. The molecule has 23 heavy (non-hydrogen) atoms. The van der Waals surface area contributed by atoms with Gasteiger partial charge in [-0.2, -0.15) is 5.26 Å². The lowest BCUT2D eigenvalue weighted by Crippen LogP contribution is -2.27. The van der Waals surface area contributed by atoms with Gasteiger partial charge in [0.15, 0.2) is 0 Å². The summed E-state index contributed by atoms with van der Waals surface area (Å²) in [5, 5.41) is 9.27. The van der Waals surface area contributed by atoms with Crippen molar-refractivity contribution < 1.29 is 0 Å². The number of rotatable bonds is 5. The third-order valence-electron chi connectivity index (χ3n) is 3.61. The number of allylic oxidation sites excluding steroid dienone is 4. The van der Waals surface area contributed by atoms with Crippen LogP contribution in [-0.4, -0.2) is 4.57 Å². The quantitative estimate of drug-likeness (QED) is 0.788. The summed E-state index contributed by atoms with van der Waals surface area (Å²) in [6.07, 6.45) is 5.14. The minimum Gasteiger partial charge on any atom is -0.303 e. The first-order chi connectivity index (χ1) is 11.1. The van der Waals surface area contributed by atoms with E-state index in [0.29, 0.717) is 12.1 Å². The molecule has 0 N–H and O–H groups in total. The van der Waals surface area contributed by atoms with Gasteiger partial charge in [0.2, 0.25) is 0 Å². The average Bonchev–Trinajstić information content (AvgIpc) is 2.56. The maximum atomic E-state index is 12.7. The highest BCUT2D eigenvalue weighted by molar-refractivity contribution is 5.73. The summed E-state index contributed by atoms with van der Waals surface area (Å²) < 4.78 is 1.61. The number of nitrogens with zero attached hydrogens (tertiary/aromatic N) is 2. The Balaban J connectivity index is 2.73. The monoisotopic (exact) mass is 302 g/mol. The Morgan fingerprint density at radius 3 is 2.57 bits per heavy atom. The molecule has 0 saturated heterocycles. The topological polar surface area (TPSA) is 45.8 Å². The Bertz CT molecular complexity index is 865. The van der Waals surface area contributed by atoms with E-state index in [0.717, 1.165) is 16.8 Å². The van der Waals surface area contributed by atoms with E-state index in [-0.39, 0.29) is 11.1 Å². The van der Waals surface area contributed by atoms with Gasteiger partial charge in [0.25, 0.3) is 5.56 Å². The smallest absolute Gasteiger partial charge is 0.269 e. The van der Waals surface area contributed by atoms with Gasteiger partial charge in [-0.05, 0) is 29.7 Å². The molecule has 114 valence electrons. The van der Waals surface area contributed by atoms with Gasteiger partial charge in [-0.3, -0.25) is 4.79 Å². The van der Waals surface area contributed by atoms with Crippen LogP contribution in [0.5, 0.6) is 0 Å². The first-order valence-corrected chi connectivity index (χ1v) is 7.26. The van der Waals surface area contributed by atoms with Gasteiger partial charge < -0.3 is 4.57 Å². The number of hydrogen-bond donors (Lipinski definition) is 0. The van der Waals surface area contributed by atoms with Gasteiger partial charge in [0.05, 0.1) is 12.2 Å². The molecule has 0 fully saturated rings. The highest BCUT2D eigenvalue weighted by atomic mass is 16.1. The van der Waals surface area contributed by atoms with Crippen LogP contribution in [0.3, 0.4) is 0 Å². The third-order valence-corrected chi connectivity index (χ3v) is 3.61. The van der Waals surface area contributed by atoms with Crippen LogP contribution >= 0.6 is 0 Å². The zero-order valence-electron chi connectivity index (χ0n) is 13.1. The molecule has 1 heterocycles. The maximum Gasteiger partial charge on any atom is 0.269 e. The van der Waals surface area contributed by atoms with Gasteiger partial charge in [-0.25, -0.2) is 0 Å². The summed E-state index contributed by atoms with van der Waals surface area (Å²) in [6.45, 7) is 9.68. The van der Waals surface area contributed by atoms with Crippen LogP contribution < -0.4 is 5.56 Å². The van der Waals surface area contributed by atoms with E-state index in [2.05, 4.69) is 13.2 Å². The zero-order chi connectivity index (χ0) is 16.8. The average molecular weight is 302 g/mol. The molecule has 1 aromatic carbocycles. The van der Waals surface area contributed by atoms with Crippen LogP contribution in [-0.2, 0) is 6.54 Å². The molecule has 2 aromatic rings. The Morgan fingerprint density at radius 2 is 2.00 bits per heavy atom. The molecule has 0 atom stereocenters. The van der Waals surface area contributed by atoms with Crippen molar-refractivity contribution in [2.75, 3.05) is 0 Å². The van der Waals surface area contributed by atoms with Gasteiger partial charge in [0.1, 0.15) is 11.6 Å². The van der Waals surface area contributed by atoms with Crippen LogP contribution in [0.4, 0.5) is 0 Å². The molecular weight excluding hydrogens is 284 g/mol. The second-order valence-electron chi connectivity index (χ2n) is 5.14. The van der Waals surface area contributed by atoms with Crippen molar-refractivity contribution in [2.45, 2.75) is 13.5 Å². The van der Waals surface area contributed by atoms with E-state index in [1.165, 1.54) is 0 Å². The molecule has 0 radical (unpaired) electrons. The second kappa shape index (κ2) is 7.24. The molecule has 0 bridgehead atoms. The number of pyridine rings is 1. The van der Waals surface area contributed by atoms with Gasteiger partial charge in [-0.15, -0.1) is 0 Å². The molecule has 3 nitrogen and oxygen atoms in total. The first kappa shape index (κ1) is 16.3. The maximum absolute atomic E-state index is 12.7. The molecular formula is C20H18N2O. The van der Waals surface area contributed by atoms with Crippen molar-refractivity contribution in [3.63, 3.8) is 0 Å². The predicted octanol–water partition coefficient (Wildman–Crippen LogP) is 3.83. The number of aromatic nitrogens is 1. The highest BCUT2D eigenvalue weighted by Crippen LogP contribution is 2.18. The molecule has 0 aliphatic rings. The summed E-state index contributed by atoms with van der Waals surface area (Å²) in [6, 6.07) is 13.5. The van der Waals surface area contributed by atoms with Crippen molar-refractivity contribution in [3.05, 3.63) is 101 Å². The second-order valence-corrected chi connectivity index (χ2v) is 5.14. The molecule has 0 saturated carbocycles. The van der Waals surface area contributed by atoms with E-state index >= 15 is 0 Å². The summed E-state index contributed by atoms with van der Waals surface area (Å²) in [4.78, 5) is 12.7. The minimum absolute atomic E-state index is 0.173. The van der Waals surface area contributed by atoms with Crippen LogP contribution in [0, 0.1) is 18.3 Å². The number of aryl methyl sites for hydroxylation is 1. The summed E-state index contributed by atoms with van der Waals surface area (Å²) in [7, 11) is 0. The first-order valence-electron chi connectivity index (χ1n) is 7.26. The zero-order valence-corrected chi connectivity index (χ0v) is 13.1. The summed E-state index contributed by atoms with van der Waals surface area (Å²) in [5.74, 6) is 0. The third kappa shape index (κ3) is 3.38. The summed E-state index contributed by atoms with van der Waals surface area (Å²) in [5.41, 5.74) is 3.06. The van der Waals surface area contributed by atoms with Crippen LogP contribution in [0.15, 0.2) is 72.6 Å². The van der Waals surface area contributed by atoms with E-state index in [1.54, 1.807) is 29.7 Å². The molecule has 0 aliphatic heterocycles. The van der Waals surface area contributed by atoms with E-state index in [4.69, 9.17) is 0 Å². The minimum atomic E-state index is -0.289. The normalized spacial score (nSPS) is 10.9. The molecule has 0 spiro atoms. The SMILES string of the molecule is C=C/C=C(\C=C)c1cc(C)c(C#N)c(=O)n1Cc1ccccc1. The molecule has 0 unspecified atom stereocenters. The Kier molecular flexibility index (Phi) is 5.11. The molecule has 0 aliphatic carbocycles. The van der Waals surface area contributed by atoms with E-state index in [9.17, 15) is 10.1 Å². The fourth-order valence-electron chi connectivity index (χ4n) is 2.45. The lowest BCUT2D eigenvalue weighted by atomic mass is 10.0. The van der Waals surface area contributed by atoms with Crippen molar-refractivity contribution in [1.29, 1.82) is 5.26 Å².